The highest BCUT2D eigenvalue weighted by molar-refractivity contribution is 5.14. The summed E-state index contributed by atoms with van der Waals surface area (Å²) >= 11 is 0. The minimum atomic E-state index is -0.406. The van der Waals surface area contributed by atoms with Crippen LogP contribution >= 0.6 is 0 Å². The van der Waals surface area contributed by atoms with Gasteiger partial charge in [0.05, 0.1) is 6.10 Å². The van der Waals surface area contributed by atoms with E-state index in [1.165, 1.54) is 0 Å². The van der Waals surface area contributed by atoms with Crippen LogP contribution < -0.4 is 5.32 Å². The van der Waals surface area contributed by atoms with Gasteiger partial charge in [0.1, 0.15) is 0 Å². The van der Waals surface area contributed by atoms with Gasteiger partial charge in [0, 0.05) is 24.0 Å². The lowest BCUT2D eigenvalue weighted by atomic mass is 10.0. The molecule has 0 aromatic carbocycles. The lowest BCUT2D eigenvalue weighted by Gasteiger charge is -2.17. The van der Waals surface area contributed by atoms with Gasteiger partial charge in [-0.2, -0.15) is 0 Å². The third kappa shape index (κ3) is 1.87. The zero-order valence-electron chi connectivity index (χ0n) is 7.48. The van der Waals surface area contributed by atoms with Crippen LogP contribution in [0, 0.1) is 0 Å². The Bertz CT molecular complexity index is 257. The molecule has 1 aromatic rings. The number of hydrogen-bond acceptors (Lipinski definition) is 3. The van der Waals surface area contributed by atoms with Crippen LogP contribution in [0.4, 0.5) is 0 Å². The van der Waals surface area contributed by atoms with E-state index in [0.717, 1.165) is 24.9 Å². The van der Waals surface area contributed by atoms with Crippen molar-refractivity contribution in [3.8, 4) is 0 Å². The molecule has 2 N–H and O–H groups in total. The van der Waals surface area contributed by atoms with E-state index >= 15 is 0 Å². The first-order valence-electron chi connectivity index (χ1n) is 4.69. The summed E-state index contributed by atoms with van der Waals surface area (Å²) in [6.07, 6.45) is 5.25. The van der Waals surface area contributed by atoms with E-state index in [2.05, 4.69) is 10.3 Å². The lowest BCUT2D eigenvalue weighted by Crippen LogP contribution is -2.28. The molecule has 0 spiro atoms. The third-order valence-corrected chi connectivity index (χ3v) is 2.51. The maximum absolute atomic E-state index is 9.92. The van der Waals surface area contributed by atoms with Crippen molar-refractivity contribution >= 4 is 0 Å². The Morgan fingerprint density at radius 3 is 3.15 bits per heavy atom. The first-order valence-corrected chi connectivity index (χ1v) is 4.69. The Morgan fingerprint density at radius 2 is 2.54 bits per heavy atom. The van der Waals surface area contributed by atoms with E-state index in [-0.39, 0.29) is 6.04 Å². The van der Waals surface area contributed by atoms with Crippen molar-refractivity contribution in [1.82, 2.24) is 10.3 Å². The summed E-state index contributed by atoms with van der Waals surface area (Å²) in [5.41, 5.74) is 0.905. The van der Waals surface area contributed by atoms with Gasteiger partial charge in [0.15, 0.2) is 0 Å². The van der Waals surface area contributed by atoms with Gasteiger partial charge in [-0.25, -0.2) is 0 Å². The number of nitrogens with one attached hydrogen (secondary N) is 1. The first kappa shape index (κ1) is 8.66. The van der Waals surface area contributed by atoms with Gasteiger partial charge < -0.3 is 10.4 Å². The molecule has 2 heterocycles. The lowest BCUT2D eigenvalue weighted by molar-refractivity contribution is 0.137. The van der Waals surface area contributed by atoms with E-state index in [9.17, 15) is 5.11 Å². The monoisotopic (exact) mass is 178 g/mol. The molecular weight excluding hydrogens is 164 g/mol. The molecule has 0 aliphatic carbocycles. The number of aliphatic hydroxyl groups excluding tert-OH is 1. The van der Waals surface area contributed by atoms with E-state index in [4.69, 9.17) is 0 Å². The molecule has 0 radical (unpaired) electrons. The zero-order chi connectivity index (χ0) is 9.10. The molecule has 0 bridgehead atoms. The molecule has 1 aliphatic heterocycles. The van der Waals surface area contributed by atoms with Gasteiger partial charge in [-0.1, -0.05) is 6.07 Å². The minimum absolute atomic E-state index is 0.212. The van der Waals surface area contributed by atoms with Crippen LogP contribution in [0.25, 0.3) is 0 Å². The predicted molar refractivity (Wildman–Crippen MR) is 50.2 cm³/mol. The Hall–Kier alpha value is -0.930. The third-order valence-electron chi connectivity index (χ3n) is 2.51. The second kappa shape index (κ2) is 3.85. The molecule has 2 atom stereocenters. The summed E-state index contributed by atoms with van der Waals surface area (Å²) in [5.74, 6) is 0. The van der Waals surface area contributed by atoms with E-state index < -0.39 is 6.10 Å². The summed E-state index contributed by atoms with van der Waals surface area (Å²) in [6, 6.07) is 3.98. The molecule has 1 unspecified atom stereocenters. The predicted octanol–water partition coefficient (Wildman–Crippen LogP) is 0.867. The Kier molecular flexibility index (Phi) is 2.57. The fourth-order valence-electron chi connectivity index (χ4n) is 1.76. The van der Waals surface area contributed by atoms with Crippen molar-refractivity contribution in [2.24, 2.45) is 0 Å². The SMILES string of the molecule is OC(c1cccnc1)[C@@H]1CCCN1. The van der Waals surface area contributed by atoms with Crippen LogP contribution in [-0.4, -0.2) is 22.7 Å². The van der Waals surface area contributed by atoms with Crippen molar-refractivity contribution in [2.45, 2.75) is 25.0 Å². The van der Waals surface area contributed by atoms with Crippen LogP contribution in [0.3, 0.4) is 0 Å². The molecule has 0 saturated carbocycles. The summed E-state index contributed by atoms with van der Waals surface area (Å²) in [7, 11) is 0. The van der Waals surface area contributed by atoms with Gasteiger partial charge >= 0.3 is 0 Å². The first-order chi connectivity index (χ1) is 6.38. The van der Waals surface area contributed by atoms with E-state index in [0.29, 0.717) is 0 Å². The summed E-state index contributed by atoms with van der Waals surface area (Å²) in [4.78, 5) is 3.99. The van der Waals surface area contributed by atoms with Crippen molar-refractivity contribution in [2.75, 3.05) is 6.54 Å². The summed E-state index contributed by atoms with van der Waals surface area (Å²) in [6.45, 7) is 1.02. The van der Waals surface area contributed by atoms with Crippen LogP contribution in [0.15, 0.2) is 24.5 Å². The second-order valence-corrected chi connectivity index (χ2v) is 3.43. The fraction of sp³-hybridized carbons (Fsp3) is 0.500. The molecule has 1 fully saturated rings. The van der Waals surface area contributed by atoms with Crippen LogP contribution in [0.1, 0.15) is 24.5 Å². The maximum atomic E-state index is 9.92. The van der Waals surface area contributed by atoms with Crippen molar-refractivity contribution < 1.29 is 5.11 Å². The van der Waals surface area contributed by atoms with Crippen molar-refractivity contribution in [3.63, 3.8) is 0 Å². The molecule has 0 amide bonds. The number of nitrogens with zero attached hydrogens (tertiary/aromatic N) is 1. The Balaban J connectivity index is 2.08. The van der Waals surface area contributed by atoms with Gasteiger partial charge in [0.2, 0.25) is 0 Å². The molecule has 70 valence electrons. The molecule has 1 aromatic heterocycles. The van der Waals surface area contributed by atoms with Crippen molar-refractivity contribution in [3.05, 3.63) is 30.1 Å². The number of aromatic nitrogens is 1. The maximum Gasteiger partial charge on any atom is 0.0957 e. The number of rotatable bonds is 2. The van der Waals surface area contributed by atoms with Gasteiger partial charge in [-0.15, -0.1) is 0 Å². The molecule has 3 nitrogen and oxygen atoms in total. The van der Waals surface area contributed by atoms with Crippen LogP contribution in [0.5, 0.6) is 0 Å². The average molecular weight is 178 g/mol. The highest BCUT2D eigenvalue weighted by Crippen LogP contribution is 2.21. The molecular formula is C10H14N2O. The van der Waals surface area contributed by atoms with Crippen LogP contribution in [-0.2, 0) is 0 Å². The summed E-state index contributed by atoms with van der Waals surface area (Å²) < 4.78 is 0. The summed E-state index contributed by atoms with van der Waals surface area (Å²) in [5, 5.41) is 13.2. The Labute approximate surface area is 77.8 Å². The number of pyridine rings is 1. The average Bonchev–Trinajstić information content (AvgIpc) is 2.71. The van der Waals surface area contributed by atoms with Gasteiger partial charge in [-0.05, 0) is 25.5 Å². The molecule has 1 aliphatic rings. The van der Waals surface area contributed by atoms with Crippen molar-refractivity contribution in [1.29, 1.82) is 0 Å². The fourth-order valence-corrected chi connectivity index (χ4v) is 1.76. The van der Waals surface area contributed by atoms with E-state index in [1.54, 1.807) is 12.4 Å². The number of hydrogen-bond donors (Lipinski definition) is 2. The zero-order valence-corrected chi connectivity index (χ0v) is 7.48. The largest absolute Gasteiger partial charge is 0.387 e. The topological polar surface area (TPSA) is 45.2 Å². The molecule has 13 heavy (non-hydrogen) atoms. The smallest absolute Gasteiger partial charge is 0.0957 e. The van der Waals surface area contributed by atoms with Gasteiger partial charge in [0.25, 0.3) is 0 Å². The molecule has 3 heteroatoms. The highest BCUT2D eigenvalue weighted by Gasteiger charge is 2.23. The minimum Gasteiger partial charge on any atom is -0.387 e. The normalized spacial score (nSPS) is 24.5. The second-order valence-electron chi connectivity index (χ2n) is 3.43. The quantitative estimate of drug-likeness (QED) is 0.706. The standard InChI is InChI=1S/C10H14N2O/c13-10(9-4-2-6-12-9)8-3-1-5-11-7-8/h1,3,5,7,9-10,12-13H,2,4,6H2/t9-,10?/m0/s1. The number of aliphatic hydroxyl groups is 1. The van der Waals surface area contributed by atoms with Gasteiger partial charge in [-0.3, -0.25) is 4.98 Å². The highest BCUT2D eigenvalue weighted by atomic mass is 16.3. The molecule has 1 saturated heterocycles. The molecule has 2 rings (SSSR count). The van der Waals surface area contributed by atoms with E-state index in [1.807, 2.05) is 12.1 Å². The Morgan fingerprint density at radius 1 is 1.62 bits per heavy atom. The van der Waals surface area contributed by atoms with Crippen LogP contribution in [0.2, 0.25) is 0 Å².